The Morgan fingerprint density at radius 1 is 1.23 bits per heavy atom. The van der Waals surface area contributed by atoms with E-state index in [0.29, 0.717) is 5.56 Å². The lowest BCUT2D eigenvalue weighted by molar-refractivity contribution is 0.0470. The zero-order valence-electron chi connectivity index (χ0n) is 12.7. The van der Waals surface area contributed by atoms with Crippen LogP contribution in [0.4, 0.5) is 8.78 Å². The van der Waals surface area contributed by atoms with Crippen LogP contribution in [0.5, 0.6) is 0 Å². The molecule has 1 aromatic rings. The van der Waals surface area contributed by atoms with E-state index in [1.807, 2.05) is 13.8 Å². The smallest absolute Gasteiger partial charge is 0.323 e. The molecular formula is C14H19Br2F2O3P. The number of alkyl halides is 2. The average molecular weight is 464 g/mol. The average Bonchev–Trinajstić information content (AvgIpc) is 2.38. The van der Waals surface area contributed by atoms with Crippen LogP contribution in [0.25, 0.3) is 0 Å². The number of benzene rings is 1. The molecule has 8 heteroatoms. The lowest BCUT2D eigenvalue weighted by Gasteiger charge is -2.34. The summed E-state index contributed by atoms with van der Waals surface area (Å²) in [5.41, 5.74) is -0.474. The maximum Gasteiger partial charge on any atom is 0.343 e. The summed E-state index contributed by atoms with van der Waals surface area (Å²) in [6.07, 6.45) is 0. The van der Waals surface area contributed by atoms with Crippen molar-refractivity contribution in [3.8, 4) is 0 Å². The van der Waals surface area contributed by atoms with Crippen molar-refractivity contribution < 1.29 is 22.8 Å². The molecule has 0 aliphatic heterocycles. The van der Waals surface area contributed by atoms with E-state index in [1.165, 1.54) is 6.07 Å². The Morgan fingerprint density at radius 2 is 1.77 bits per heavy atom. The number of hydrogen-bond acceptors (Lipinski definition) is 2. The third-order valence-electron chi connectivity index (χ3n) is 3.57. The molecule has 0 aromatic heterocycles. The van der Waals surface area contributed by atoms with Gasteiger partial charge < -0.3 is 9.42 Å². The first kappa shape index (κ1) is 20.2. The fraction of sp³-hybridized carbons (Fsp3) is 0.571. The SMILES string of the molecule is CC(C)C(C)(C)OP(=O)(O)C(Br)C(Br)c1ccc(F)c(F)c1. The second kappa shape index (κ2) is 7.39. The normalized spacial score (nSPS) is 18.1. The largest absolute Gasteiger partial charge is 0.343 e. The fourth-order valence-electron chi connectivity index (χ4n) is 1.50. The van der Waals surface area contributed by atoms with Crippen molar-refractivity contribution in [3.63, 3.8) is 0 Å². The Morgan fingerprint density at radius 3 is 2.23 bits per heavy atom. The van der Waals surface area contributed by atoms with E-state index in [1.54, 1.807) is 13.8 Å². The molecule has 1 aromatic carbocycles. The molecule has 0 spiro atoms. The summed E-state index contributed by atoms with van der Waals surface area (Å²) in [6.45, 7) is 7.20. The predicted molar refractivity (Wildman–Crippen MR) is 90.6 cm³/mol. The molecule has 0 fully saturated rings. The second-order valence-electron chi connectivity index (χ2n) is 5.86. The van der Waals surface area contributed by atoms with Gasteiger partial charge in [0.25, 0.3) is 0 Å². The molecule has 0 heterocycles. The lowest BCUT2D eigenvalue weighted by atomic mass is 9.95. The highest BCUT2D eigenvalue weighted by molar-refractivity contribution is 9.13. The highest BCUT2D eigenvalue weighted by Crippen LogP contribution is 2.60. The van der Waals surface area contributed by atoms with E-state index < -0.39 is 34.2 Å². The Bertz CT molecular complexity index is 581. The van der Waals surface area contributed by atoms with Gasteiger partial charge in [-0.3, -0.25) is 4.57 Å². The molecule has 0 saturated heterocycles. The van der Waals surface area contributed by atoms with Gasteiger partial charge in [-0.1, -0.05) is 51.8 Å². The molecule has 0 radical (unpaired) electrons. The summed E-state index contributed by atoms with van der Waals surface area (Å²) in [4.78, 5) is 9.49. The summed E-state index contributed by atoms with van der Waals surface area (Å²) >= 11 is 6.39. The third-order valence-corrected chi connectivity index (χ3v) is 9.48. The Hall–Kier alpha value is 0.190. The number of halogens is 4. The van der Waals surface area contributed by atoms with Crippen molar-refractivity contribution >= 4 is 39.5 Å². The van der Waals surface area contributed by atoms with Gasteiger partial charge in [0.05, 0.1) is 10.4 Å². The van der Waals surface area contributed by atoms with Gasteiger partial charge in [-0.2, -0.15) is 0 Å². The minimum Gasteiger partial charge on any atom is -0.323 e. The molecule has 126 valence electrons. The zero-order chi connectivity index (χ0) is 17.3. The molecule has 3 atom stereocenters. The highest BCUT2D eigenvalue weighted by Gasteiger charge is 2.42. The van der Waals surface area contributed by atoms with Crippen molar-refractivity contribution in [2.45, 2.75) is 42.7 Å². The number of hydrogen-bond donors (Lipinski definition) is 1. The topological polar surface area (TPSA) is 46.5 Å². The summed E-state index contributed by atoms with van der Waals surface area (Å²) in [5, 5.41) is 0. The van der Waals surface area contributed by atoms with Crippen LogP contribution in [0.15, 0.2) is 18.2 Å². The van der Waals surface area contributed by atoms with E-state index in [2.05, 4.69) is 31.9 Å². The molecular weight excluding hydrogens is 445 g/mol. The zero-order valence-corrected chi connectivity index (χ0v) is 16.8. The molecule has 3 unspecified atom stereocenters. The predicted octanol–water partition coefficient (Wildman–Crippen LogP) is 5.76. The van der Waals surface area contributed by atoms with Crippen molar-refractivity contribution in [1.29, 1.82) is 0 Å². The van der Waals surface area contributed by atoms with Crippen LogP contribution in [-0.4, -0.2) is 15.1 Å². The molecule has 3 nitrogen and oxygen atoms in total. The molecule has 0 aliphatic carbocycles. The van der Waals surface area contributed by atoms with E-state index in [4.69, 9.17) is 4.52 Å². The second-order valence-corrected chi connectivity index (χ2v) is 10.4. The van der Waals surface area contributed by atoms with Crippen molar-refractivity contribution in [2.75, 3.05) is 0 Å². The van der Waals surface area contributed by atoms with Gasteiger partial charge in [-0.15, -0.1) is 0 Å². The first-order valence-corrected chi connectivity index (χ1v) is 10.1. The molecule has 0 saturated carbocycles. The van der Waals surface area contributed by atoms with Gasteiger partial charge in [0.2, 0.25) is 0 Å². The molecule has 0 amide bonds. The maximum absolute atomic E-state index is 13.3. The monoisotopic (exact) mass is 462 g/mol. The van der Waals surface area contributed by atoms with Crippen LogP contribution in [-0.2, 0) is 9.09 Å². The van der Waals surface area contributed by atoms with Gasteiger partial charge in [-0.25, -0.2) is 8.78 Å². The van der Waals surface area contributed by atoms with Crippen LogP contribution in [0.2, 0.25) is 0 Å². The fourth-order valence-corrected chi connectivity index (χ4v) is 4.73. The van der Waals surface area contributed by atoms with Crippen molar-refractivity contribution in [1.82, 2.24) is 0 Å². The quantitative estimate of drug-likeness (QED) is 0.431. The molecule has 0 bridgehead atoms. The molecule has 22 heavy (non-hydrogen) atoms. The minimum absolute atomic E-state index is 0.0183. The minimum atomic E-state index is -4.05. The van der Waals surface area contributed by atoms with Crippen molar-refractivity contribution in [2.24, 2.45) is 5.92 Å². The van der Waals surface area contributed by atoms with Crippen LogP contribution >= 0.6 is 39.5 Å². The highest BCUT2D eigenvalue weighted by atomic mass is 79.9. The Kier molecular flexibility index (Phi) is 6.80. The number of rotatable bonds is 6. The van der Waals surface area contributed by atoms with Crippen LogP contribution in [0.1, 0.15) is 38.1 Å². The van der Waals surface area contributed by atoms with E-state index in [-0.39, 0.29) is 5.92 Å². The molecule has 0 aliphatic rings. The van der Waals surface area contributed by atoms with Crippen molar-refractivity contribution in [3.05, 3.63) is 35.4 Å². The van der Waals surface area contributed by atoms with Gasteiger partial charge in [0.1, 0.15) is 4.57 Å². The molecule has 1 rings (SSSR count). The Labute approximate surface area is 146 Å². The summed E-state index contributed by atoms with van der Waals surface area (Å²) in [6, 6.07) is 3.30. The van der Waals surface area contributed by atoms with E-state index in [0.717, 1.165) is 12.1 Å². The van der Waals surface area contributed by atoms with Gasteiger partial charge in [0.15, 0.2) is 11.6 Å². The summed E-state index contributed by atoms with van der Waals surface area (Å²) in [5.74, 6) is -1.97. The van der Waals surface area contributed by atoms with E-state index >= 15 is 0 Å². The van der Waals surface area contributed by atoms with Gasteiger partial charge in [-0.05, 0) is 37.5 Å². The van der Waals surface area contributed by atoms with Crippen LogP contribution in [0.3, 0.4) is 0 Å². The third kappa shape index (κ3) is 4.84. The van der Waals surface area contributed by atoms with Crippen LogP contribution in [0, 0.1) is 17.6 Å². The standard InChI is InChI=1S/C14H19Br2F2O3P/c1-8(2)14(3,4)21-22(19,20)13(16)12(15)9-5-6-10(17)11(18)7-9/h5-8,12-13H,1-4H3,(H,19,20). The lowest BCUT2D eigenvalue weighted by Crippen LogP contribution is -2.31. The first-order valence-electron chi connectivity index (χ1n) is 6.65. The van der Waals surface area contributed by atoms with E-state index in [9.17, 15) is 18.2 Å². The van der Waals surface area contributed by atoms with Gasteiger partial charge >= 0.3 is 7.60 Å². The summed E-state index contributed by atoms with van der Waals surface area (Å²) in [7, 11) is -4.05. The van der Waals surface area contributed by atoms with Crippen LogP contribution < -0.4 is 0 Å². The molecule has 1 N–H and O–H groups in total. The summed E-state index contributed by atoms with van der Waals surface area (Å²) < 4.78 is 43.2. The Balaban J connectivity index is 2.99. The van der Waals surface area contributed by atoms with Gasteiger partial charge in [0, 0.05) is 0 Å². The first-order chi connectivity index (χ1) is 9.88. The maximum atomic E-state index is 13.3.